The number of nitrogens with zero attached hydrogens (tertiary/aromatic N) is 2. The summed E-state index contributed by atoms with van der Waals surface area (Å²) < 4.78 is 6.32. The van der Waals surface area contributed by atoms with Gasteiger partial charge in [-0.25, -0.2) is 0 Å². The van der Waals surface area contributed by atoms with Gasteiger partial charge in [-0.3, -0.25) is 0 Å². The molecule has 6 rings (SSSR count). The standard InChI is InChI=1S/C23H24NOSi.C12H10N.Ir/c1-6-16-14-24-19(13-15(16)2)17-11-12-21(26(3,4)5)22-18-9-7-8-10-20(18)25-23(17)22;1-10-7-8-12(13-9-10)11-5-3-2-4-6-11;/h7-10,12-14H,6H2,1-5H3;2-5,7-9H,1H3;/q2*-1;. The molecule has 3 heterocycles. The largest absolute Gasteiger partial charge is 0.501 e. The maximum Gasteiger partial charge on any atom is 0.120 e. The van der Waals surface area contributed by atoms with Crippen LogP contribution in [0.3, 0.4) is 0 Å². The molecule has 0 aliphatic rings. The van der Waals surface area contributed by atoms with E-state index in [0.29, 0.717) is 0 Å². The predicted molar refractivity (Wildman–Crippen MR) is 166 cm³/mol. The zero-order valence-corrected chi connectivity index (χ0v) is 27.3. The number of aromatic nitrogens is 2. The third-order valence-corrected chi connectivity index (χ3v) is 9.02. The van der Waals surface area contributed by atoms with Crippen LogP contribution in [0.15, 0.2) is 89.6 Å². The number of hydrogen-bond donors (Lipinski definition) is 0. The first-order valence-electron chi connectivity index (χ1n) is 13.5. The van der Waals surface area contributed by atoms with Gasteiger partial charge in [-0.15, -0.1) is 53.2 Å². The van der Waals surface area contributed by atoms with E-state index in [0.717, 1.165) is 40.1 Å². The Morgan fingerprint density at radius 2 is 1.60 bits per heavy atom. The minimum atomic E-state index is -1.54. The minimum absolute atomic E-state index is 0. The van der Waals surface area contributed by atoms with Crippen LogP contribution in [-0.2, 0) is 26.5 Å². The first-order chi connectivity index (χ1) is 18.8. The molecule has 0 amide bonds. The van der Waals surface area contributed by atoms with E-state index in [1.54, 1.807) is 0 Å². The first kappa shape index (κ1) is 29.6. The smallest absolute Gasteiger partial charge is 0.120 e. The molecule has 0 saturated carbocycles. The maximum atomic E-state index is 6.32. The van der Waals surface area contributed by atoms with Crippen LogP contribution in [0.25, 0.3) is 44.5 Å². The quantitative estimate of drug-likeness (QED) is 0.135. The number of hydrogen-bond acceptors (Lipinski definition) is 3. The van der Waals surface area contributed by atoms with Crippen molar-refractivity contribution < 1.29 is 24.5 Å². The van der Waals surface area contributed by atoms with Crippen molar-refractivity contribution in [1.29, 1.82) is 0 Å². The fourth-order valence-corrected chi connectivity index (χ4v) is 6.33. The third-order valence-electron chi connectivity index (χ3n) is 7.01. The summed E-state index contributed by atoms with van der Waals surface area (Å²) in [6.45, 7) is 13.5. The van der Waals surface area contributed by atoms with Gasteiger partial charge in [0.15, 0.2) is 0 Å². The molecule has 3 aromatic heterocycles. The van der Waals surface area contributed by atoms with Gasteiger partial charge in [0, 0.05) is 46.0 Å². The van der Waals surface area contributed by atoms with Crippen LogP contribution in [0.4, 0.5) is 0 Å². The van der Waals surface area contributed by atoms with Gasteiger partial charge in [0.2, 0.25) is 0 Å². The van der Waals surface area contributed by atoms with Crippen LogP contribution in [-0.4, -0.2) is 18.0 Å². The Bertz CT molecular complexity index is 1740. The molecule has 0 aliphatic carbocycles. The normalized spacial score (nSPS) is 11.2. The third kappa shape index (κ3) is 6.18. The van der Waals surface area contributed by atoms with E-state index >= 15 is 0 Å². The molecule has 3 aromatic carbocycles. The molecule has 205 valence electrons. The molecule has 0 saturated heterocycles. The number of para-hydroxylation sites is 1. The molecule has 6 aromatic rings. The Morgan fingerprint density at radius 3 is 2.25 bits per heavy atom. The van der Waals surface area contributed by atoms with E-state index in [2.05, 4.69) is 80.9 Å². The summed E-state index contributed by atoms with van der Waals surface area (Å²) in [6, 6.07) is 31.2. The Hall–Kier alpha value is -3.37. The van der Waals surface area contributed by atoms with Crippen LogP contribution >= 0.6 is 0 Å². The van der Waals surface area contributed by atoms with Gasteiger partial charge in [-0.2, -0.15) is 0 Å². The van der Waals surface area contributed by atoms with Crippen LogP contribution < -0.4 is 5.19 Å². The molecule has 0 unspecified atom stereocenters. The number of fused-ring (bicyclic) bond motifs is 3. The molecule has 0 aliphatic heterocycles. The monoisotopic (exact) mass is 719 g/mol. The summed E-state index contributed by atoms with van der Waals surface area (Å²) in [5.41, 5.74) is 9.51. The molecule has 0 bridgehead atoms. The van der Waals surface area contributed by atoms with E-state index in [9.17, 15) is 0 Å². The van der Waals surface area contributed by atoms with Gasteiger partial charge in [-0.05, 0) is 48.8 Å². The predicted octanol–water partition coefficient (Wildman–Crippen LogP) is 8.72. The second-order valence-electron chi connectivity index (χ2n) is 11.0. The average Bonchev–Trinajstić information content (AvgIpc) is 3.33. The Kier molecular flexibility index (Phi) is 9.20. The first-order valence-corrected chi connectivity index (χ1v) is 17.0. The van der Waals surface area contributed by atoms with E-state index in [1.165, 1.54) is 32.6 Å². The van der Waals surface area contributed by atoms with Crippen molar-refractivity contribution >= 4 is 35.2 Å². The fourth-order valence-electron chi connectivity index (χ4n) is 4.82. The van der Waals surface area contributed by atoms with Crippen molar-refractivity contribution in [2.24, 2.45) is 0 Å². The van der Waals surface area contributed by atoms with Crippen LogP contribution in [0, 0.1) is 26.0 Å². The SMILES string of the molecule is CCc1cnc(-c2[c-]cc([Si](C)(C)C)c3c2oc2ccccc23)cc1C.Cc1ccc(-c2[c-]cccc2)nc1.[Ir]. The van der Waals surface area contributed by atoms with E-state index < -0.39 is 8.07 Å². The van der Waals surface area contributed by atoms with Gasteiger partial charge in [0.05, 0.1) is 5.58 Å². The van der Waals surface area contributed by atoms with E-state index in [4.69, 9.17) is 9.40 Å². The second kappa shape index (κ2) is 12.4. The van der Waals surface area contributed by atoms with Gasteiger partial charge in [0.1, 0.15) is 5.58 Å². The van der Waals surface area contributed by atoms with Gasteiger partial charge in [-0.1, -0.05) is 79.5 Å². The van der Waals surface area contributed by atoms with Crippen molar-refractivity contribution in [1.82, 2.24) is 9.97 Å². The molecular formula is C35H34IrN2OSi-2. The zero-order valence-electron chi connectivity index (χ0n) is 23.9. The summed E-state index contributed by atoms with van der Waals surface area (Å²) in [4.78, 5) is 9.03. The average molecular weight is 719 g/mol. The number of aryl methyl sites for hydroxylation is 3. The topological polar surface area (TPSA) is 38.9 Å². The number of furan rings is 1. The van der Waals surface area contributed by atoms with Crippen molar-refractivity contribution in [3.8, 4) is 22.5 Å². The Morgan fingerprint density at radius 1 is 0.850 bits per heavy atom. The molecule has 0 atom stereocenters. The number of benzene rings is 3. The summed E-state index contributed by atoms with van der Waals surface area (Å²) >= 11 is 0. The molecule has 40 heavy (non-hydrogen) atoms. The van der Waals surface area contributed by atoms with Gasteiger partial charge >= 0.3 is 0 Å². The Labute approximate surface area is 252 Å². The second-order valence-corrected chi connectivity index (χ2v) is 16.0. The molecule has 1 radical (unpaired) electrons. The summed E-state index contributed by atoms with van der Waals surface area (Å²) in [5.74, 6) is 0. The summed E-state index contributed by atoms with van der Waals surface area (Å²) in [7, 11) is -1.54. The summed E-state index contributed by atoms with van der Waals surface area (Å²) in [5, 5.41) is 3.83. The molecule has 0 fully saturated rings. The van der Waals surface area contributed by atoms with Crippen LogP contribution in [0.2, 0.25) is 19.6 Å². The van der Waals surface area contributed by atoms with Gasteiger partial charge < -0.3 is 14.4 Å². The Balaban J connectivity index is 0.000000223. The fraction of sp³-hybridized carbons (Fsp3) is 0.200. The molecule has 0 N–H and O–H groups in total. The zero-order chi connectivity index (χ0) is 27.6. The van der Waals surface area contributed by atoms with Crippen LogP contribution in [0.5, 0.6) is 0 Å². The summed E-state index contributed by atoms with van der Waals surface area (Å²) in [6.07, 6.45) is 4.85. The molecule has 3 nitrogen and oxygen atoms in total. The van der Waals surface area contributed by atoms with Crippen molar-refractivity contribution in [2.45, 2.75) is 46.8 Å². The number of pyridine rings is 2. The number of rotatable bonds is 4. The van der Waals surface area contributed by atoms with E-state index in [-0.39, 0.29) is 20.1 Å². The van der Waals surface area contributed by atoms with E-state index in [1.807, 2.05) is 61.8 Å². The van der Waals surface area contributed by atoms with Crippen molar-refractivity contribution in [3.05, 3.63) is 114 Å². The maximum absolute atomic E-state index is 6.32. The molecule has 0 spiro atoms. The van der Waals surface area contributed by atoms with Crippen LogP contribution in [0.1, 0.15) is 23.6 Å². The van der Waals surface area contributed by atoms with Crippen molar-refractivity contribution in [3.63, 3.8) is 0 Å². The molecule has 5 heteroatoms. The van der Waals surface area contributed by atoms with Crippen molar-refractivity contribution in [2.75, 3.05) is 0 Å². The minimum Gasteiger partial charge on any atom is -0.501 e. The van der Waals surface area contributed by atoms with Gasteiger partial charge in [0.25, 0.3) is 0 Å². The molecular weight excluding hydrogens is 685 g/mol.